The molecule has 140 valence electrons. The lowest BCUT2D eigenvalue weighted by Gasteiger charge is -2.28. The van der Waals surface area contributed by atoms with Gasteiger partial charge in [-0.25, -0.2) is 14.0 Å². The molecule has 0 aromatic heterocycles. The van der Waals surface area contributed by atoms with E-state index in [4.69, 9.17) is 9.47 Å². The Labute approximate surface area is 156 Å². The van der Waals surface area contributed by atoms with Crippen LogP contribution >= 0.6 is 0 Å². The molecule has 1 heterocycles. The maximum Gasteiger partial charge on any atom is 0.338 e. The van der Waals surface area contributed by atoms with Crippen molar-refractivity contribution in [3.63, 3.8) is 0 Å². The van der Waals surface area contributed by atoms with Crippen molar-refractivity contribution in [1.29, 1.82) is 0 Å². The first-order valence-electron chi connectivity index (χ1n) is 8.47. The Kier molecular flexibility index (Phi) is 5.40. The van der Waals surface area contributed by atoms with Gasteiger partial charge in [-0.3, -0.25) is 0 Å². The number of ether oxygens (including phenoxy) is 2. The molecule has 0 saturated heterocycles. The Hall–Kier alpha value is -3.35. The first kappa shape index (κ1) is 18.4. The molecule has 0 bridgehead atoms. The number of amides is 2. The number of halogens is 1. The van der Waals surface area contributed by atoms with Crippen LogP contribution in [0, 0.1) is 5.82 Å². The largest absolute Gasteiger partial charge is 0.463 e. The summed E-state index contributed by atoms with van der Waals surface area (Å²) in [7, 11) is 0. The van der Waals surface area contributed by atoms with E-state index >= 15 is 0 Å². The van der Waals surface area contributed by atoms with Crippen molar-refractivity contribution >= 4 is 12.0 Å². The van der Waals surface area contributed by atoms with Gasteiger partial charge < -0.3 is 20.1 Å². The fraction of sp³-hybridized carbons (Fsp3) is 0.200. The Morgan fingerprint density at radius 1 is 1.19 bits per heavy atom. The monoisotopic (exact) mass is 370 g/mol. The highest BCUT2D eigenvalue weighted by Crippen LogP contribution is 2.32. The molecule has 0 aliphatic carbocycles. The summed E-state index contributed by atoms with van der Waals surface area (Å²) in [4.78, 5) is 24.3. The molecule has 2 aromatic carbocycles. The summed E-state index contributed by atoms with van der Waals surface area (Å²) in [5.41, 5.74) is 1.14. The molecule has 3 rings (SSSR count). The third-order valence-corrected chi connectivity index (χ3v) is 4.02. The molecule has 0 unspecified atom stereocenters. The van der Waals surface area contributed by atoms with Gasteiger partial charge in [0.05, 0.1) is 18.2 Å². The average Bonchev–Trinajstić information content (AvgIpc) is 2.64. The lowest BCUT2D eigenvalue weighted by molar-refractivity contribution is -0.139. The Balaban J connectivity index is 1.98. The van der Waals surface area contributed by atoms with E-state index in [1.165, 1.54) is 18.2 Å². The average molecular weight is 370 g/mol. The number of para-hydroxylation sites is 1. The minimum absolute atomic E-state index is 0.00709. The van der Waals surface area contributed by atoms with Crippen LogP contribution in [0.2, 0.25) is 0 Å². The van der Waals surface area contributed by atoms with Gasteiger partial charge in [-0.05, 0) is 43.7 Å². The van der Waals surface area contributed by atoms with Crippen molar-refractivity contribution in [2.45, 2.75) is 19.9 Å². The van der Waals surface area contributed by atoms with Gasteiger partial charge in [-0.15, -0.1) is 0 Å². The van der Waals surface area contributed by atoms with Crippen molar-refractivity contribution < 1.29 is 23.5 Å². The summed E-state index contributed by atoms with van der Waals surface area (Å²) in [6, 6.07) is 11.7. The zero-order valence-electron chi connectivity index (χ0n) is 14.9. The van der Waals surface area contributed by atoms with Crippen LogP contribution < -0.4 is 15.4 Å². The Bertz CT molecular complexity index is 896. The number of nitrogens with one attached hydrogen (secondary N) is 2. The number of carbonyl (C=O) groups is 2. The molecule has 1 aliphatic rings. The zero-order valence-corrected chi connectivity index (χ0v) is 14.9. The van der Waals surface area contributed by atoms with Gasteiger partial charge in [-0.1, -0.05) is 24.3 Å². The number of hydrogen-bond donors (Lipinski definition) is 2. The summed E-state index contributed by atoms with van der Waals surface area (Å²) in [5.74, 6) is -0.642. The quantitative estimate of drug-likeness (QED) is 0.785. The van der Waals surface area contributed by atoms with Gasteiger partial charge >= 0.3 is 12.0 Å². The number of rotatable bonds is 5. The van der Waals surface area contributed by atoms with Gasteiger partial charge in [-0.2, -0.15) is 0 Å². The van der Waals surface area contributed by atoms with Gasteiger partial charge in [0.25, 0.3) is 0 Å². The van der Waals surface area contributed by atoms with Crippen LogP contribution in [0.15, 0.2) is 59.8 Å². The van der Waals surface area contributed by atoms with E-state index in [0.717, 1.165) is 0 Å². The maximum absolute atomic E-state index is 14.2. The third-order valence-electron chi connectivity index (χ3n) is 4.02. The fourth-order valence-electron chi connectivity index (χ4n) is 2.82. The number of urea groups is 1. The number of benzene rings is 2. The van der Waals surface area contributed by atoms with Crippen LogP contribution in [0.3, 0.4) is 0 Å². The summed E-state index contributed by atoms with van der Waals surface area (Å²) in [5, 5.41) is 5.23. The van der Waals surface area contributed by atoms with Crippen LogP contribution in [0.5, 0.6) is 11.5 Å². The zero-order chi connectivity index (χ0) is 19.4. The molecule has 7 heteroatoms. The molecule has 2 N–H and O–H groups in total. The highest BCUT2D eigenvalue weighted by atomic mass is 19.1. The van der Waals surface area contributed by atoms with Crippen molar-refractivity contribution in [1.82, 2.24) is 10.6 Å². The van der Waals surface area contributed by atoms with Gasteiger partial charge in [0.2, 0.25) is 0 Å². The smallest absolute Gasteiger partial charge is 0.338 e. The van der Waals surface area contributed by atoms with Crippen LogP contribution in [0.4, 0.5) is 9.18 Å². The second kappa shape index (κ2) is 7.90. The Morgan fingerprint density at radius 2 is 1.93 bits per heavy atom. The second-order valence-electron chi connectivity index (χ2n) is 5.90. The van der Waals surface area contributed by atoms with Gasteiger partial charge in [0, 0.05) is 5.70 Å². The lowest BCUT2D eigenvalue weighted by Crippen LogP contribution is -2.45. The number of carbonyl (C=O) groups excluding carboxylic acids is 2. The lowest BCUT2D eigenvalue weighted by atomic mass is 9.95. The first-order chi connectivity index (χ1) is 13.0. The van der Waals surface area contributed by atoms with E-state index in [-0.39, 0.29) is 17.9 Å². The molecular formula is C20H19FN2O4. The van der Waals surface area contributed by atoms with E-state index in [1.807, 2.05) is 6.07 Å². The topological polar surface area (TPSA) is 76.7 Å². The molecule has 27 heavy (non-hydrogen) atoms. The summed E-state index contributed by atoms with van der Waals surface area (Å²) in [6.07, 6.45) is 0. The molecule has 0 radical (unpaired) electrons. The molecule has 0 spiro atoms. The number of esters is 1. The minimum atomic E-state index is -0.781. The number of hydrogen-bond acceptors (Lipinski definition) is 4. The highest BCUT2D eigenvalue weighted by Gasteiger charge is 2.32. The maximum atomic E-state index is 14.2. The van der Waals surface area contributed by atoms with E-state index in [2.05, 4.69) is 10.6 Å². The van der Waals surface area contributed by atoms with E-state index in [1.54, 1.807) is 38.1 Å². The van der Waals surface area contributed by atoms with E-state index < -0.39 is 23.9 Å². The van der Waals surface area contributed by atoms with Gasteiger partial charge in [0.15, 0.2) is 11.6 Å². The number of allylic oxidation sites excluding steroid dienone is 1. The van der Waals surface area contributed by atoms with E-state index in [9.17, 15) is 14.0 Å². The SMILES string of the molecule is CCOC(=O)C1=C(C)NC(=O)N[C@H]1c1ccc(F)c(Oc2ccccc2)c1. The van der Waals surface area contributed by atoms with Crippen molar-refractivity contribution in [3.05, 3.63) is 71.2 Å². The molecule has 6 nitrogen and oxygen atoms in total. The summed E-state index contributed by atoms with van der Waals surface area (Å²) < 4.78 is 24.9. The fourth-order valence-corrected chi connectivity index (χ4v) is 2.82. The third kappa shape index (κ3) is 4.08. The standard InChI is InChI=1S/C20H19FN2O4/c1-3-26-19(24)17-12(2)22-20(25)23-18(17)13-9-10-15(21)16(11-13)27-14-7-5-4-6-8-14/h4-11,18H,3H2,1-2H3,(H2,22,23,25)/t18-/m0/s1. The first-order valence-corrected chi connectivity index (χ1v) is 8.47. The molecular weight excluding hydrogens is 351 g/mol. The summed E-state index contributed by atoms with van der Waals surface area (Å²) >= 11 is 0. The van der Waals surface area contributed by atoms with Crippen molar-refractivity contribution in [3.8, 4) is 11.5 Å². The predicted octanol–water partition coefficient (Wildman–Crippen LogP) is 3.81. The molecule has 2 amide bonds. The molecule has 1 aliphatic heterocycles. The van der Waals surface area contributed by atoms with Crippen LogP contribution in [0.25, 0.3) is 0 Å². The minimum Gasteiger partial charge on any atom is -0.463 e. The Morgan fingerprint density at radius 3 is 2.63 bits per heavy atom. The van der Waals surface area contributed by atoms with Crippen molar-refractivity contribution in [2.24, 2.45) is 0 Å². The van der Waals surface area contributed by atoms with Crippen LogP contribution in [-0.2, 0) is 9.53 Å². The second-order valence-corrected chi connectivity index (χ2v) is 5.90. The highest BCUT2D eigenvalue weighted by molar-refractivity contribution is 5.95. The molecule has 1 atom stereocenters. The van der Waals surface area contributed by atoms with Crippen molar-refractivity contribution in [2.75, 3.05) is 6.61 Å². The molecule has 0 saturated carbocycles. The normalized spacial score (nSPS) is 16.4. The predicted molar refractivity (Wildman–Crippen MR) is 96.7 cm³/mol. The molecule has 0 fully saturated rings. The van der Waals surface area contributed by atoms with Crippen LogP contribution in [0.1, 0.15) is 25.5 Å². The molecule has 2 aromatic rings. The van der Waals surface area contributed by atoms with Gasteiger partial charge in [0.1, 0.15) is 5.75 Å². The van der Waals surface area contributed by atoms with E-state index in [0.29, 0.717) is 17.0 Å². The van der Waals surface area contributed by atoms with Crippen LogP contribution in [-0.4, -0.2) is 18.6 Å². The summed E-state index contributed by atoms with van der Waals surface area (Å²) in [6.45, 7) is 3.51.